The number of rotatable bonds is 3. The van der Waals surface area contributed by atoms with Crippen LogP contribution in [0.3, 0.4) is 0 Å². The van der Waals surface area contributed by atoms with E-state index in [1.165, 1.54) is 11.8 Å². The number of anilines is 1. The lowest BCUT2D eigenvalue weighted by Gasteiger charge is -2.08. The SMILES string of the molecule is Cc1ccc(CNC(=O)c2cnc(C)cc2N)cc1. The fourth-order valence-electron chi connectivity index (χ4n) is 1.75. The van der Waals surface area contributed by atoms with Crippen LogP contribution >= 0.6 is 0 Å². The van der Waals surface area contributed by atoms with Crippen molar-refractivity contribution in [1.82, 2.24) is 10.3 Å². The van der Waals surface area contributed by atoms with Gasteiger partial charge < -0.3 is 11.1 Å². The zero-order valence-corrected chi connectivity index (χ0v) is 11.1. The van der Waals surface area contributed by atoms with Crippen LogP contribution in [0.2, 0.25) is 0 Å². The van der Waals surface area contributed by atoms with Gasteiger partial charge >= 0.3 is 0 Å². The van der Waals surface area contributed by atoms with Crippen molar-refractivity contribution < 1.29 is 4.79 Å². The second-order valence-electron chi connectivity index (χ2n) is 4.58. The lowest BCUT2D eigenvalue weighted by molar-refractivity contribution is 0.0951. The maximum atomic E-state index is 12.0. The van der Waals surface area contributed by atoms with Gasteiger partial charge in [-0.3, -0.25) is 9.78 Å². The highest BCUT2D eigenvalue weighted by Gasteiger charge is 2.09. The van der Waals surface area contributed by atoms with Crippen LogP contribution in [-0.4, -0.2) is 10.9 Å². The van der Waals surface area contributed by atoms with Gasteiger partial charge in [-0.05, 0) is 25.5 Å². The molecule has 1 aromatic heterocycles. The molecule has 0 unspecified atom stereocenters. The lowest BCUT2D eigenvalue weighted by atomic mass is 10.1. The van der Waals surface area contributed by atoms with E-state index in [1.54, 1.807) is 6.07 Å². The van der Waals surface area contributed by atoms with Crippen molar-refractivity contribution >= 4 is 11.6 Å². The van der Waals surface area contributed by atoms with Gasteiger partial charge in [0.05, 0.1) is 5.56 Å². The Hall–Kier alpha value is -2.36. The van der Waals surface area contributed by atoms with E-state index in [0.29, 0.717) is 17.8 Å². The van der Waals surface area contributed by atoms with Gasteiger partial charge in [-0.2, -0.15) is 0 Å². The molecule has 0 fully saturated rings. The Labute approximate surface area is 112 Å². The average Bonchev–Trinajstić information content (AvgIpc) is 2.37. The Morgan fingerprint density at radius 2 is 1.95 bits per heavy atom. The number of benzene rings is 1. The minimum atomic E-state index is -0.203. The summed E-state index contributed by atoms with van der Waals surface area (Å²) in [6, 6.07) is 9.71. The molecule has 0 radical (unpaired) electrons. The summed E-state index contributed by atoms with van der Waals surface area (Å²) in [5.41, 5.74) is 9.73. The zero-order chi connectivity index (χ0) is 13.8. The molecule has 3 N–H and O–H groups in total. The standard InChI is InChI=1S/C15H17N3O/c1-10-3-5-12(6-4-10)8-18-15(19)13-9-17-11(2)7-14(13)16/h3-7,9H,8H2,1-2H3,(H2,16,17)(H,18,19). The Kier molecular flexibility index (Phi) is 3.80. The molecule has 1 heterocycles. The highest BCUT2D eigenvalue weighted by Crippen LogP contribution is 2.11. The van der Waals surface area contributed by atoms with Crippen molar-refractivity contribution in [3.8, 4) is 0 Å². The number of nitrogens with two attached hydrogens (primary N) is 1. The van der Waals surface area contributed by atoms with Gasteiger partial charge in [-0.1, -0.05) is 29.8 Å². The first-order valence-corrected chi connectivity index (χ1v) is 6.12. The Balaban J connectivity index is 2.03. The molecule has 1 aromatic carbocycles. The van der Waals surface area contributed by atoms with Crippen LogP contribution in [0.1, 0.15) is 27.2 Å². The fraction of sp³-hybridized carbons (Fsp3) is 0.200. The number of hydrogen-bond donors (Lipinski definition) is 2. The first kappa shape index (κ1) is 13.1. The van der Waals surface area contributed by atoms with Gasteiger partial charge in [0.25, 0.3) is 5.91 Å². The summed E-state index contributed by atoms with van der Waals surface area (Å²) in [6.07, 6.45) is 1.51. The van der Waals surface area contributed by atoms with Crippen LogP contribution in [0.15, 0.2) is 36.5 Å². The summed E-state index contributed by atoms with van der Waals surface area (Å²) in [7, 11) is 0. The summed E-state index contributed by atoms with van der Waals surface area (Å²) in [6.45, 7) is 4.35. The largest absolute Gasteiger partial charge is 0.398 e. The minimum Gasteiger partial charge on any atom is -0.398 e. The summed E-state index contributed by atoms with van der Waals surface area (Å²) < 4.78 is 0. The number of nitrogen functional groups attached to an aromatic ring is 1. The number of aromatic nitrogens is 1. The third-order valence-electron chi connectivity index (χ3n) is 2.89. The number of carbonyl (C=O) groups is 1. The number of nitrogens with one attached hydrogen (secondary N) is 1. The zero-order valence-electron chi connectivity index (χ0n) is 11.1. The number of aryl methyl sites for hydroxylation is 2. The number of pyridine rings is 1. The molecule has 0 spiro atoms. The van der Waals surface area contributed by atoms with Crippen molar-refractivity contribution in [3.63, 3.8) is 0 Å². The van der Waals surface area contributed by atoms with E-state index in [0.717, 1.165) is 11.3 Å². The van der Waals surface area contributed by atoms with E-state index in [1.807, 2.05) is 38.1 Å². The molecule has 2 aromatic rings. The summed E-state index contributed by atoms with van der Waals surface area (Å²) in [4.78, 5) is 16.1. The second-order valence-corrected chi connectivity index (χ2v) is 4.58. The highest BCUT2D eigenvalue weighted by atomic mass is 16.1. The third kappa shape index (κ3) is 3.31. The molecule has 0 saturated carbocycles. The molecule has 0 saturated heterocycles. The van der Waals surface area contributed by atoms with E-state index in [4.69, 9.17) is 5.73 Å². The lowest BCUT2D eigenvalue weighted by Crippen LogP contribution is -2.24. The predicted octanol–water partition coefficient (Wildman–Crippen LogP) is 2.21. The quantitative estimate of drug-likeness (QED) is 0.883. The van der Waals surface area contributed by atoms with Crippen molar-refractivity contribution in [2.24, 2.45) is 0 Å². The molecule has 0 aliphatic carbocycles. The van der Waals surface area contributed by atoms with Crippen molar-refractivity contribution in [2.45, 2.75) is 20.4 Å². The first-order chi connectivity index (χ1) is 9.06. The first-order valence-electron chi connectivity index (χ1n) is 6.12. The molecule has 2 rings (SSSR count). The van der Waals surface area contributed by atoms with E-state index in [9.17, 15) is 4.79 Å². The van der Waals surface area contributed by atoms with E-state index >= 15 is 0 Å². The smallest absolute Gasteiger partial charge is 0.255 e. The molecular weight excluding hydrogens is 238 g/mol. The molecule has 98 valence electrons. The Morgan fingerprint density at radius 1 is 1.26 bits per heavy atom. The van der Waals surface area contributed by atoms with E-state index < -0.39 is 0 Å². The molecule has 0 atom stereocenters. The van der Waals surface area contributed by atoms with Crippen molar-refractivity contribution in [1.29, 1.82) is 0 Å². The van der Waals surface area contributed by atoms with Gasteiger partial charge in [0, 0.05) is 24.1 Å². The third-order valence-corrected chi connectivity index (χ3v) is 2.89. The monoisotopic (exact) mass is 255 g/mol. The summed E-state index contributed by atoms with van der Waals surface area (Å²) in [5.74, 6) is -0.203. The number of carbonyl (C=O) groups excluding carboxylic acids is 1. The van der Waals surface area contributed by atoms with Crippen LogP contribution < -0.4 is 11.1 Å². The molecule has 4 heteroatoms. The molecule has 19 heavy (non-hydrogen) atoms. The number of amides is 1. The molecule has 1 amide bonds. The molecular formula is C15H17N3O. The predicted molar refractivity (Wildman–Crippen MR) is 75.7 cm³/mol. The van der Waals surface area contributed by atoms with E-state index in [-0.39, 0.29) is 5.91 Å². The van der Waals surface area contributed by atoms with Gasteiger partial charge in [0.15, 0.2) is 0 Å². The Bertz CT molecular complexity index is 591. The summed E-state index contributed by atoms with van der Waals surface area (Å²) in [5, 5.41) is 2.84. The number of nitrogens with zero attached hydrogens (tertiary/aromatic N) is 1. The fourth-order valence-corrected chi connectivity index (χ4v) is 1.75. The van der Waals surface area contributed by atoms with Crippen LogP contribution in [-0.2, 0) is 6.54 Å². The van der Waals surface area contributed by atoms with Gasteiger partial charge in [-0.15, -0.1) is 0 Å². The van der Waals surface area contributed by atoms with Crippen LogP contribution in [0, 0.1) is 13.8 Å². The maximum Gasteiger partial charge on any atom is 0.255 e. The van der Waals surface area contributed by atoms with Crippen LogP contribution in [0.4, 0.5) is 5.69 Å². The number of hydrogen-bond acceptors (Lipinski definition) is 3. The van der Waals surface area contributed by atoms with Crippen molar-refractivity contribution in [2.75, 3.05) is 5.73 Å². The molecule has 4 nitrogen and oxygen atoms in total. The molecule has 0 aliphatic heterocycles. The topological polar surface area (TPSA) is 68.0 Å². The van der Waals surface area contributed by atoms with Gasteiger partial charge in [-0.25, -0.2) is 0 Å². The van der Waals surface area contributed by atoms with Crippen LogP contribution in [0.25, 0.3) is 0 Å². The van der Waals surface area contributed by atoms with Gasteiger partial charge in [0.1, 0.15) is 0 Å². The van der Waals surface area contributed by atoms with E-state index in [2.05, 4.69) is 10.3 Å². The second kappa shape index (κ2) is 5.52. The minimum absolute atomic E-state index is 0.203. The Morgan fingerprint density at radius 3 is 2.58 bits per heavy atom. The van der Waals surface area contributed by atoms with Crippen molar-refractivity contribution in [3.05, 3.63) is 58.9 Å². The summed E-state index contributed by atoms with van der Waals surface area (Å²) >= 11 is 0. The van der Waals surface area contributed by atoms with Gasteiger partial charge in [0.2, 0.25) is 0 Å². The normalized spacial score (nSPS) is 10.2. The van der Waals surface area contributed by atoms with Crippen LogP contribution in [0.5, 0.6) is 0 Å². The average molecular weight is 255 g/mol. The highest BCUT2D eigenvalue weighted by molar-refractivity contribution is 5.98. The molecule has 0 aliphatic rings. The maximum absolute atomic E-state index is 12.0. The molecule has 0 bridgehead atoms.